The van der Waals surface area contributed by atoms with Crippen LogP contribution in [0, 0.1) is 11.6 Å². The molecule has 0 saturated heterocycles. The van der Waals surface area contributed by atoms with E-state index in [0.29, 0.717) is 12.2 Å². The number of hydrogen-bond acceptors (Lipinski definition) is 4. The Morgan fingerprint density at radius 2 is 2.17 bits per heavy atom. The van der Waals surface area contributed by atoms with Crippen molar-refractivity contribution in [3.8, 4) is 11.5 Å². The summed E-state index contributed by atoms with van der Waals surface area (Å²) in [6.45, 7) is 1.96. The Balaban J connectivity index is 2.26. The molecule has 1 aromatic heterocycles. The molecule has 0 radical (unpaired) electrons. The van der Waals surface area contributed by atoms with Crippen LogP contribution in [0.4, 0.5) is 8.78 Å². The first-order chi connectivity index (χ1) is 8.60. The Labute approximate surface area is 103 Å². The first-order valence-electron chi connectivity index (χ1n) is 5.55. The van der Waals surface area contributed by atoms with Gasteiger partial charge in [-0.05, 0) is 32.2 Å². The first-order valence-corrected chi connectivity index (χ1v) is 5.55. The van der Waals surface area contributed by atoms with Crippen molar-refractivity contribution in [2.45, 2.75) is 19.4 Å². The third-order valence-electron chi connectivity index (χ3n) is 2.61. The lowest BCUT2D eigenvalue weighted by molar-refractivity contribution is 0.415. The Morgan fingerprint density at radius 1 is 1.39 bits per heavy atom. The number of halogens is 2. The van der Waals surface area contributed by atoms with Crippen LogP contribution in [-0.4, -0.2) is 23.2 Å². The largest absolute Gasteiger partial charge is 0.334 e. The number of nitrogens with one attached hydrogen (secondary N) is 1. The highest BCUT2D eigenvalue weighted by molar-refractivity contribution is 5.53. The van der Waals surface area contributed by atoms with Crippen molar-refractivity contribution in [3.05, 3.63) is 35.7 Å². The monoisotopic (exact) mass is 253 g/mol. The summed E-state index contributed by atoms with van der Waals surface area (Å²) in [5, 5.41) is 6.76. The van der Waals surface area contributed by atoms with E-state index in [0.717, 1.165) is 18.2 Å². The van der Waals surface area contributed by atoms with E-state index in [2.05, 4.69) is 15.5 Å². The molecule has 1 atom stereocenters. The van der Waals surface area contributed by atoms with E-state index in [1.54, 1.807) is 0 Å². The minimum absolute atomic E-state index is 0.00898. The maximum absolute atomic E-state index is 13.5. The van der Waals surface area contributed by atoms with E-state index in [1.165, 1.54) is 0 Å². The van der Waals surface area contributed by atoms with Gasteiger partial charge in [0.15, 0.2) is 5.82 Å². The van der Waals surface area contributed by atoms with Crippen molar-refractivity contribution in [2.75, 3.05) is 7.05 Å². The van der Waals surface area contributed by atoms with E-state index >= 15 is 0 Å². The van der Waals surface area contributed by atoms with E-state index in [1.807, 2.05) is 14.0 Å². The molecule has 2 aromatic rings. The molecule has 0 bridgehead atoms. The number of aromatic nitrogens is 2. The lowest BCUT2D eigenvalue weighted by atomic mass is 10.2. The fourth-order valence-corrected chi connectivity index (χ4v) is 1.48. The zero-order valence-electron chi connectivity index (χ0n) is 10.1. The second kappa shape index (κ2) is 5.22. The van der Waals surface area contributed by atoms with Crippen molar-refractivity contribution in [1.29, 1.82) is 0 Å². The predicted molar refractivity (Wildman–Crippen MR) is 61.9 cm³/mol. The standard InChI is InChI=1S/C12H13F2N3O/c1-7(15-2)5-11-16-12(18-17-11)9-6-8(13)3-4-10(9)14/h3-4,6-7,15H,5H2,1-2H3. The summed E-state index contributed by atoms with van der Waals surface area (Å²) < 4.78 is 31.5. The van der Waals surface area contributed by atoms with Gasteiger partial charge in [0.2, 0.25) is 0 Å². The van der Waals surface area contributed by atoms with E-state index in [9.17, 15) is 8.78 Å². The Morgan fingerprint density at radius 3 is 2.89 bits per heavy atom. The lowest BCUT2D eigenvalue weighted by Crippen LogP contribution is -2.24. The third kappa shape index (κ3) is 2.70. The summed E-state index contributed by atoms with van der Waals surface area (Å²) in [6, 6.07) is 3.28. The summed E-state index contributed by atoms with van der Waals surface area (Å²) in [6.07, 6.45) is 0.553. The van der Waals surface area contributed by atoms with Crippen LogP contribution in [0.25, 0.3) is 11.5 Å². The highest BCUT2D eigenvalue weighted by Gasteiger charge is 2.15. The van der Waals surface area contributed by atoms with Crippen LogP contribution in [0.15, 0.2) is 22.7 Å². The third-order valence-corrected chi connectivity index (χ3v) is 2.61. The van der Waals surface area contributed by atoms with Gasteiger partial charge >= 0.3 is 0 Å². The Kier molecular flexibility index (Phi) is 3.66. The number of likely N-dealkylation sites (N-methyl/N-ethyl adjacent to an activating group) is 1. The zero-order valence-corrected chi connectivity index (χ0v) is 10.1. The van der Waals surface area contributed by atoms with Gasteiger partial charge in [-0.25, -0.2) is 8.78 Å². The Bertz CT molecular complexity index is 542. The SMILES string of the molecule is CNC(C)Cc1noc(-c2cc(F)ccc2F)n1. The molecule has 4 nitrogen and oxygen atoms in total. The van der Waals surface area contributed by atoms with E-state index in [4.69, 9.17) is 4.52 Å². The number of hydrogen-bond donors (Lipinski definition) is 1. The van der Waals surface area contributed by atoms with Gasteiger partial charge < -0.3 is 9.84 Å². The molecule has 2 rings (SSSR count). The molecule has 0 saturated carbocycles. The van der Waals surface area contributed by atoms with Crippen LogP contribution in [0.5, 0.6) is 0 Å². The fraction of sp³-hybridized carbons (Fsp3) is 0.333. The molecule has 0 aliphatic rings. The van der Waals surface area contributed by atoms with Crippen molar-refractivity contribution >= 4 is 0 Å². The van der Waals surface area contributed by atoms with Gasteiger partial charge in [0.1, 0.15) is 11.6 Å². The van der Waals surface area contributed by atoms with Crippen LogP contribution in [0.2, 0.25) is 0 Å². The van der Waals surface area contributed by atoms with Crippen LogP contribution >= 0.6 is 0 Å². The average molecular weight is 253 g/mol. The Hall–Kier alpha value is -1.82. The topological polar surface area (TPSA) is 51.0 Å². The van der Waals surface area contributed by atoms with Crippen LogP contribution in [0.1, 0.15) is 12.7 Å². The van der Waals surface area contributed by atoms with Crippen molar-refractivity contribution in [3.63, 3.8) is 0 Å². The second-order valence-electron chi connectivity index (χ2n) is 4.03. The molecule has 6 heteroatoms. The highest BCUT2D eigenvalue weighted by atomic mass is 19.1. The van der Waals surface area contributed by atoms with Crippen LogP contribution in [0.3, 0.4) is 0 Å². The second-order valence-corrected chi connectivity index (χ2v) is 4.03. The molecular weight excluding hydrogens is 240 g/mol. The fourth-order valence-electron chi connectivity index (χ4n) is 1.48. The molecule has 0 amide bonds. The summed E-state index contributed by atoms with van der Waals surface area (Å²) >= 11 is 0. The van der Waals surface area contributed by atoms with Gasteiger partial charge in [-0.3, -0.25) is 0 Å². The van der Waals surface area contributed by atoms with Crippen molar-refractivity contribution < 1.29 is 13.3 Å². The number of benzene rings is 1. The number of nitrogens with zero attached hydrogens (tertiary/aromatic N) is 2. The summed E-state index contributed by atoms with van der Waals surface area (Å²) in [4.78, 5) is 4.05. The zero-order chi connectivity index (χ0) is 13.1. The molecular formula is C12H13F2N3O. The maximum Gasteiger partial charge on any atom is 0.261 e. The minimum Gasteiger partial charge on any atom is -0.334 e. The molecule has 96 valence electrons. The van der Waals surface area contributed by atoms with Gasteiger partial charge in [-0.15, -0.1) is 0 Å². The van der Waals surface area contributed by atoms with Crippen LogP contribution < -0.4 is 5.32 Å². The average Bonchev–Trinajstić information content (AvgIpc) is 2.80. The molecule has 0 aliphatic heterocycles. The molecule has 1 N–H and O–H groups in total. The normalized spacial score (nSPS) is 12.7. The molecule has 1 heterocycles. The van der Waals surface area contributed by atoms with Crippen molar-refractivity contribution in [1.82, 2.24) is 15.5 Å². The van der Waals surface area contributed by atoms with Gasteiger partial charge in [0.05, 0.1) is 5.56 Å². The van der Waals surface area contributed by atoms with Gasteiger partial charge in [0.25, 0.3) is 5.89 Å². The quantitative estimate of drug-likeness (QED) is 0.907. The lowest BCUT2D eigenvalue weighted by Gasteiger charge is -2.04. The van der Waals surface area contributed by atoms with Gasteiger partial charge in [0, 0.05) is 12.5 Å². The summed E-state index contributed by atoms with van der Waals surface area (Å²) in [5.74, 6) is -0.691. The molecule has 0 aliphatic carbocycles. The summed E-state index contributed by atoms with van der Waals surface area (Å²) in [7, 11) is 1.82. The first kappa shape index (κ1) is 12.6. The van der Waals surface area contributed by atoms with E-state index in [-0.39, 0.29) is 17.5 Å². The molecule has 0 fully saturated rings. The molecule has 1 aromatic carbocycles. The predicted octanol–water partition coefficient (Wildman–Crippen LogP) is 2.17. The maximum atomic E-state index is 13.5. The molecule has 1 unspecified atom stereocenters. The van der Waals surface area contributed by atoms with Gasteiger partial charge in [-0.1, -0.05) is 5.16 Å². The minimum atomic E-state index is -0.590. The summed E-state index contributed by atoms with van der Waals surface area (Å²) in [5.41, 5.74) is -0.0224. The number of rotatable bonds is 4. The smallest absolute Gasteiger partial charge is 0.261 e. The molecule has 18 heavy (non-hydrogen) atoms. The van der Waals surface area contributed by atoms with Crippen molar-refractivity contribution in [2.24, 2.45) is 0 Å². The highest BCUT2D eigenvalue weighted by Crippen LogP contribution is 2.22. The van der Waals surface area contributed by atoms with Crippen LogP contribution in [-0.2, 0) is 6.42 Å². The molecule has 0 spiro atoms. The van der Waals surface area contributed by atoms with E-state index < -0.39 is 11.6 Å². The van der Waals surface area contributed by atoms with Gasteiger partial charge in [-0.2, -0.15) is 4.98 Å².